The van der Waals surface area contributed by atoms with Crippen molar-refractivity contribution in [3.63, 3.8) is 0 Å². The first-order chi connectivity index (χ1) is 7.10. The second-order valence-electron chi connectivity index (χ2n) is 2.56. The molecule has 0 radical (unpaired) electrons. The minimum atomic E-state index is -3.22. The Morgan fingerprint density at radius 3 is 2.33 bits per heavy atom. The van der Waals surface area contributed by atoms with Crippen molar-refractivity contribution in [2.24, 2.45) is 0 Å². The quantitative estimate of drug-likeness (QED) is 0.384. The van der Waals surface area contributed by atoms with Crippen LogP contribution in [0.15, 0.2) is 11.6 Å². The van der Waals surface area contributed by atoms with Crippen molar-refractivity contribution in [1.29, 1.82) is 5.26 Å². The van der Waals surface area contributed by atoms with E-state index >= 15 is 0 Å². The van der Waals surface area contributed by atoms with Crippen LogP contribution in [-0.4, -0.2) is 19.8 Å². The van der Waals surface area contributed by atoms with Crippen molar-refractivity contribution < 1.29 is 18.3 Å². The number of ether oxygens (including phenoxy) is 1. The Hall–Kier alpha value is -0.820. The second kappa shape index (κ2) is 7.47. The Labute approximate surface area is 90.2 Å². The summed E-state index contributed by atoms with van der Waals surface area (Å²) >= 11 is 0. The Morgan fingerprint density at radius 2 is 1.93 bits per heavy atom. The van der Waals surface area contributed by atoms with Gasteiger partial charge in [-0.15, -0.1) is 0 Å². The van der Waals surface area contributed by atoms with Gasteiger partial charge in [0.15, 0.2) is 6.61 Å². The molecule has 0 rings (SSSR count). The summed E-state index contributed by atoms with van der Waals surface area (Å²) in [6.07, 6.45) is 1.25. The van der Waals surface area contributed by atoms with Gasteiger partial charge in [0.1, 0.15) is 6.07 Å². The van der Waals surface area contributed by atoms with Crippen molar-refractivity contribution in [2.75, 3.05) is 19.8 Å². The molecule has 0 aliphatic carbocycles. The van der Waals surface area contributed by atoms with Crippen LogP contribution in [0.5, 0.6) is 0 Å². The molecule has 0 saturated carbocycles. The highest BCUT2D eigenvalue weighted by atomic mass is 31.2. The zero-order valence-electron chi connectivity index (χ0n) is 9.23. The van der Waals surface area contributed by atoms with Crippen molar-refractivity contribution >= 4 is 7.60 Å². The van der Waals surface area contributed by atoms with Gasteiger partial charge in [-0.25, -0.2) is 0 Å². The van der Waals surface area contributed by atoms with Gasteiger partial charge in [0.2, 0.25) is 0 Å². The van der Waals surface area contributed by atoms with Crippen LogP contribution < -0.4 is 0 Å². The molecule has 0 amide bonds. The monoisotopic (exact) mass is 233 g/mol. The summed E-state index contributed by atoms with van der Waals surface area (Å²) < 4.78 is 27.0. The van der Waals surface area contributed by atoms with Gasteiger partial charge in [-0.2, -0.15) is 5.26 Å². The molecule has 86 valence electrons. The highest BCUT2D eigenvalue weighted by molar-refractivity contribution is 7.58. The normalized spacial score (nSPS) is 12.3. The van der Waals surface area contributed by atoms with E-state index in [1.807, 2.05) is 0 Å². The molecule has 0 aromatic carbocycles. The van der Waals surface area contributed by atoms with Crippen LogP contribution in [0.25, 0.3) is 0 Å². The third-order valence-corrected chi connectivity index (χ3v) is 3.60. The highest BCUT2D eigenvalue weighted by Crippen LogP contribution is 2.55. The van der Waals surface area contributed by atoms with Gasteiger partial charge < -0.3 is 13.8 Å². The molecule has 0 aromatic heterocycles. The van der Waals surface area contributed by atoms with E-state index in [9.17, 15) is 4.57 Å². The first kappa shape index (κ1) is 14.2. The van der Waals surface area contributed by atoms with Crippen LogP contribution in [0.4, 0.5) is 0 Å². The van der Waals surface area contributed by atoms with Crippen molar-refractivity contribution in [2.45, 2.75) is 20.8 Å². The van der Waals surface area contributed by atoms with E-state index in [0.29, 0.717) is 18.5 Å². The molecular formula is C9H16NO4P. The van der Waals surface area contributed by atoms with Crippen molar-refractivity contribution in [1.82, 2.24) is 0 Å². The standard InChI is InChI=1S/C9H16NO4P/c1-4-13-15(11,14-5-2)9(3)8-12-7-6-10/h8H,4-5,7H2,1-3H3/b9-8-. The van der Waals surface area contributed by atoms with Crippen LogP contribution in [0.2, 0.25) is 0 Å². The van der Waals surface area contributed by atoms with Crippen molar-refractivity contribution in [3.8, 4) is 6.07 Å². The third kappa shape index (κ3) is 4.98. The van der Waals surface area contributed by atoms with Gasteiger partial charge in [0, 0.05) is 0 Å². The van der Waals surface area contributed by atoms with Crippen LogP contribution in [0.3, 0.4) is 0 Å². The zero-order chi connectivity index (χ0) is 11.7. The van der Waals surface area contributed by atoms with Gasteiger partial charge in [-0.1, -0.05) is 0 Å². The number of nitrogens with zero attached hydrogens (tertiary/aromatic N) is 1. The van der Waals surface area contributed by atoms with Gasteiger partial charge in [-0.05, 0) is 20.8 Å². The Morgan fingerprint density at radius 1 is 1.40 bits per heavy atom. The molecule has 0 heterocycles. The van der Waals surface area contributed by atoms with E-state index in [1.165, 1.54) is 6.26 Å². The highest BCUT2D eigenvalue weighted by Gasteiger charge is 2.26. The molecule has 0 spiro atoms. The minimum absolute atomic E-state index is 0.0877. The summed E-state index contributed by atoms with van der Waals surface area (Å²) in [6.45, 7) is 5.55. The molecule has 0 atom stereocenters. The van der Waals surface area contributed by atoms with E-state index in [4.69, 9.17) is 19.0 Å². The predicted molar refractivity (Wildman–Crippen MR) is 56.2 cm³/mol. The summed E-state index contributed by atoms with van der Waals surface area (Å²) in [5.41, 5.74) is 0. The first-order valence-corrected chi connectivity index (χ1v) is 6.20. The number of allylic oxidation sites excluding steroid dienone is 1. The molecule has 0 unspecified atom stereocenters. The lowest BCUT2D eigenvalue weighted by Gasteiger charge is -2.16. The van der Waals surface area contributed by atoms with E-state index in [1.54, 1.807) is 26.8 Å². The zero-order valence-corrected chi connectivity index (χ0v) is 10.1. The molecule has 0 aliphatic heterocycles. The van der Waals surface area contributed by atoms with Crippen LogP contribution in [0.1, 0.15) is 20.8 Å². The Balaban J connectivity index is 4.54. The Bertz CT molecular complexity index is 285. The fraction of sp³-hybridized carbons (Fsp3) is 0.667. The summed E-state index contributed by atoms with van der Waals surface area (Å²) in [6, 6.07) is 1.80. The summed E-state index contributed by atoms with van der Waals surface area (Å²) in [7, 11) is -3.22. The minimum Gasteiger partial charge on any atom is -0.486 e. The number of hydrogen-bond acceptors (Lipinski definition) is 5. The Kier molecular flexibility index (Phi) is 7.06. The van der Waals surface area contributed by atoms with Gasteiger partial charge >= 0.3 is 7.60 Å². The fourth-order valence-electron chi connectivity index (χ4n) is 0.845. The van der Waals surface area contributed by atoms with Crippen LogP contribution in [-0.2, 0) is 18.3 Å². The van der Waals surface area contributed by atoms with Gasteiger partial charge in [-0.3, -0.25) is 4.57 Å². The van der Waals surface area contributed by atoms with Gasteiger partial charge in [0.25, 0.3) is 0 Å². The maximum atomic E-state index is 12.0. The average Bonchev–Trinajstić information content (AvgIpc) is 2.18. The second-order valence-corrected chi connectivity index (χ2v) is 4.78. The van der Waals surface area contributed by atoms with Crippen LogP contribution in [0, 0.1) is 11.3 Å². The van der Waals surface area contributed by atoms with Crippen molar-refractivity contribution in [3.05, 3.63) is 11.6 Å². The lowest BCUT2D eigenvalue weighted by atomic mass is 10.7. The summed E-state index contributed by atoms with van der Waals surface area (Å²) in [4.78, 5) is 0. The molecule has 0 fully saturated rings. The maximum absolute atomic E-state index is 12.0. The molecular weight excluding hydrogens is 217 g/mol. The molecule has 0 aromatic rings. The average molecular weight is 233 g/mol. The smallest absolute Gasteiger partial charge is 0.360 e. The summed E-state index contributed by atoms with van der Waals surface area (Å²) in [5, 5.41) is 8.62. The molecule has 0 N–H and O–H groups in total. The van der Waals surface area contributed by atoms with E-state index in [-0.39, 0.29) is 6.61 Å². The molecule has 0 saturated heterocycles. The largest absolute Gasteiger partial charge is 0.486 e. The molecule has 6 heteroatoms. The van der Waals surface area contributed by atoms with Crippen LogP contribution >= 0.6 is 7.60 Å². The first-order valence-electron chi connectivity index (χ1n) is 4.65. The van der Waals surface area contributed by atoms with E-state index in [0.717, 1.165) is 0 Å². The summed E-state index contributed by atoms with van der Waals surface area (Å²) in [5.74, 6) is 0. The SMILES string of the molecule is CCOP(=O)(OCC)/C(C)=C\OCC#N. The maximum Gasteiger partial charge on any atom is 0.360 e. The van der Waals surface area contributed by atoms with E-state index in [2.05, 4.69) is 0 Å². The third-order valence-electron chi connectivity index (χ3n) is 1.43. The molecule has 15 heavy (non-hydrogen) atoms. The van der Waals surface area contributed by atoms with E-state index < -0.39 is 7.60 Å². The molecule has 5 nitrogen and oxygen atoms in total. The number of nitriles is 1. The number of hydrogen-bond donors (Lipinski definition) is 0. The lowest BCUT2D eigenvalue weighted by Crippen LogP contribution is -1.97. The predicted octanol–water partition coefficient (Wildman–Crippen LogP) is 2.65. The van der Waals surface area contributed by atoms with Gasteiger partial charge in [0.05, 0.1) is 24.8 Å². The molecule has 0 aliphatic rings. The molecule has 0 bridgehead atoms. The topological polar surface area (TPSA) is 68.6 Å². The fourth-order valence-corrected chi connectivity index (χ4v) is 2.21. The lowest BCUT2D eigenvalue weighted by molar-refractivity contribution is 0.223. The number of rotatable bonds is 7.